The first-order chi connectivity index (χ1) is 4.83. The third kappa shape index (κ3) is 13.0. The molecule has 2 N–H and O–H groups in total. The fourth-order valence-electron chi connectivity index (χ4n) is 0.192. The predicted octanol–water partition coefficient (Wildman–Crippen LogP) is -2.21. The van der Waals surface area contributed by atoms with Gasteiger partial charge in [0.05, 0.1) is 0 Å². The minimum atomic E-state index is -4.98. The van der Waals surface area contributed by atoms with Crippen molar-refractivity contribution in [3.63, 3.8) is 0 Å². The number of rotatable bonds is 2. The summed E-state index contributed by atoms with van der Waals surface area (Å²) in [4.78, 5) is 19.0. The van der Waals surface area contributed by atoms with Crippen LogP contribution in [0.4, 0.5) is 9.59 Å². The summed E-state index contributed by atoms with van der Waals surface area (Å²) in [7, 11) is -4.98. The first kappa shape index (κ1) is 19.6. The molecular weight excluding hydrogens is 264 g/mol. The van der Waals surface area contributed by atoms with Crippen LogP contribution in [0.5, 0.6) is 0 Å². The summed E-state index contributed by atoms with van der Waals surface area (Å²) < 4.78 is 26.2. The van der Waals surface area contributed by atoms with Gasteiger partial charge in [0.25, 0.3) is 0 Å². The van der Waals surface area contributed by atoms with Gasteiger partial charge in [0, 0.05) is 0 Å². The van der Waals surface area contributed by atoms with Crippen molar-refractivity contribution in [3.05, 3.63) is 0 Å². The average Bonchev–Trinajstić information content (AvgIpc) is 1.53. The SMILES string of the molecule is O=C(O)OS(=O)(=O)OC(=O)O.[CaH2].[CaH2]. The van der Waals surface area contributed by atoms with Crippen molar-refractivity contribution in [2.24, 2.45) is 0 Å². The van der Waals surface area contributed by atoms with E-state index in [1.807, 2.05) is 0 Å². The van der Waals surface area contributed by atoms with Gasteiger partial charge in [-0.05, 0) is 0 Å². The van der Waals surface area contributed by atoms with Crippen molar-refractivity contribution in [2.45, 2.75) is 0 Å². The Morgan fingerprint density at radius 3 is 1.31 bits per heavy atom. The van der Waals surface area contributed by atoms with E-state index in [4.69, 9.17) is 10.2 Å². The van der Waals surface area contributed by atoms with Crippen LogP contribution in [0.3, 0.4) is 0 Å². The number of carbonyl (C=O) groups is 2. The fourth-order valence-corrected chi connectivity index (χ4v) is 0.575. The first-order valence-electron chi connectivity index (χ1n) is 1.93. The third-order valence-corrected chi connectivity index (χ3v) is 1.04. The topological polar surface area (TPSA) is 127 Å². The summed E-state index contributed by atoms with van der Waals surface area (Å²) in [5.41, 5.74) is 0. The molecule has 0 aliphatic rings. The van der Waals surface area contributed by atoms with Crippen molar-refractivity contribution in [1.29, 1.82) is 0 Å². The molecule has 0 spiro atoms. The van der Waals surface area contributed by atoms with Crippen LogP contribution in [0.1, 0.15) is 0 Å². The first-order valence-corrected chi connectivity index (χ1v) is 3.26. The molecule has 0 saturated carbocycles. The molecule has 0 saturated heterocycles. The van der Waals surface area contributed by atoms with E-state index in [9.17, 15) is 18.0 Å². The zero-order valence-corrected chi connectivity index (χ0v) is 5.57. The molecule has 8 nitrogen and oxygen atoms in total. The second-order valence-corrected chi connectivity index (χ2v) is 2.26. The van der Waals surface area contributed by atoms with Gasteiger partial charge in [0.2, 0.25) is 0 Å². The predicted molar refractivity (Wildman–Crippen MR) is 44.2 cm³/mol. The van der Waals surface area contributed by atoms with E-state index in [-0.39, 0.29) is 75.5 Å². The minimum absolute atomic E-state index is 0. The van der Waals surface area contributed by atoms with Gasteiger partial charge in [-0.15, -0.1) is 8.42 Å². The van der Waals surface area contributed by atoms with Crippen LogP contribution in [-0.4, -0.2) is 106 Å². The molecular formula is C2H6Ca2O8S. The van der Waals surface area contributed by atoms with Crippen LogP contribution in [0.25, 0.3) is 0 Å². The van der Waals surface area contributed by atoms with E-state index >= 15 is 0 Å². The molecule has 0 aromatic rings. The summed E-state index contributed by atoms with van der Waals surface area (Å²) >= 11 is 0. The van der Waals surface area contributed by atoms with Crippen molar-refractivity contribution >= 4 is 98.2 Å². The fraction of sp³-hybridized carbons (Fsp3) is 0. The van der Waals surface area contributed by atoms with Crippen LogP contribution in [0.15, 0.2) is 0 Å². The molecule has 72 valence electrons. The molecule has 0 rings (SSSR count). The van der Waals surface area contributed by atoms with E-state index in [2.05, 4.69) is 8.37 Å². The van der Waals surface area contributed by atoms with Crippen LogP contribution < -0.4 is 0 Å². The molecule has 0 fully saturated rings. The summed E-state index contributed by atoms with van der Waals surface area (Å²) in [5.74, 6) is 0. The van der Waals surface area contributed by atoms with Gasteiger partial charge in [0.15, 0.2) is 0 Å². The van der Waals surface area contributed by atoms with E-state index in [1.54, 1.807) is 0 Å². The molecule has 0 amide bonds. The number of carboxylic acid groups (broad SMARTS) is 2. The van der Waals surface area contributed by atoms with Crippen LogP contribution in [0, 0.1) is 0 Å². The van der Waals surface area contributed by atoms with E-state index in [1.165, 1.54) is 0 Å². The second-order valence-electron chi connectivity index (χ2n) is 1.11. The van der Waals surface area contributed by atoms with Gasteiger partial charge in [-0.3, -0.25) is 8.37 Å². The summed E-state index contributed by atoms with van der Waals surface area (Å²) in [6.07, 6.45) is -4.35. The molecule has 0 aliphatic heterocycles. The Morgan fingerprint density at radius 1 is 0.923 bits per heavy atom. The maximum absolute atomic E-state index is 10.0. The van der Waals surface area contributed by atoms with E-state index < -0.39 is 22.7 Å². The van der Waals surface area contributed by atoms with Crippen LogP contribution in [0.2, 0.25) is 0 Å². The zero-order chi connectivity index (χ0) is 9.07. The Morgan fingerprint density at radius 2 is 1.15 bits per heavy atom. The quantitative estimate of drug-likeness (QED) is 0.540. The van der Waals surface area contributed by atoms with Gasteiger partial charge >= 0.3 is 98.2 Å². The summed E-state index contributed by atoms with van der Waals surface area (Å²) in [6, 6.07) is 0. The molecule has 0 atom stereocenters. The van der Waals surface area contributed by atoms with E-state index in [0.717, 1.165) is 0 Å². The number of hydrogen-bond acceptors (Lipinski definition) is 6. The Bertz CT molecular complexity index is 246. The molecule has 0 unspecified atom stereocenters. The van der Waals surface area contributed by atoms with Gasteiger partial charge in [-0.1, -0.05) is 0 Å². The summed E-state index contributed by atoms with van der Waals surface area (Å²) in [5, 5.41) is 15.4. The monoisotopic (exact) mass is 270 g/mol. The van der Waals surface area contributed by atoms with Gasteiger partial charge < -0.3 is 10.2 Å². The van der Waals surface area contributed by atoms with Gasteiger partial charge in [-0.25, -0.2) is 9.59 Å². The zero-order valence-electron chi connectivity index (χ0n) is 4.75. The van der Waals surface area contributed by atoms with Gasteiger partial charge in [-0.2, -0.15) is 0 Å². The van der Waals surface area contributed by atoms with Crippen LogP contribution >= 0.6 is 0 Å². The summed E-state index contributed by atoms with van der Waals surface area (Å²) in [6.45, 7) is 0. The molecule has 0 aliphatic carbocycles. The van der Waals surface area contributed by atoms with Crippen LogP contribution in [-0.2, 0) is 18.8 Å². The molecule has 0 bridgehead atoms. The van der Waals surface area contributed by atoms with Gasteiger partial charge in [0.1, 0.15) is 0 Å². The van der Waals surface area contributed by atoms with Crippen molar-refractivity contribution in [2.75, 3.05) is 0 Å². The number of hydrogen-bond donors (Lipinski definition) is 2. The third-order valence-electron chi connectivity index (χ3n) is 0.347. The molecule has 11 heteroatoms. The second kappa shape index (κ2) is 8.33. The van der Waals surface area contributed by atoms with Crippen molar-refractivity contribution < 1.29 is 36.6 Å². The standard InChI is InChI=1S/C2H2O8S.2Ca.4H/c3-1(4)9-11(7,8)10-2(5)6;;;;;;/h(H,3,4)(H,5,6);;;;;;. The van der Waals surface area contributed by atoms with E-state index in [0.29, 0.717) is 0 Å². The molecule has 13 heavy (non-hydrogen) atoms. The Labute approximate surface area is 133 Å². The normalized spacial score (nSPS) is 8.62. The van der Waals surface area contributed by atoms with Crippen molar-refractivity contribution in [1.82, 2.24) is 0 Å². The molecule has 0 aromatic carbocycles. The maximum atomic E-state index is 10.0. The Balaban J connectivity index is -0.000000500. The Kier molecular flexibility index (Phi) is 12.5. The molecule has 0 aromatic heterocycles. The molecule has 0 radical (unpaired) electrons. The Hall–Kier alpha value is 1.01. The van der Waals surface area contributed by atoms with Crippen molar-refractivity contribution in [3.8, 4) is 0 Å². The molecule has 0 heterocycles. The average molecular weight is 270 g/mol.